The molecule has 0 aromatic heterocycles. The van der Waals surface area contributed by atoms with Gasteiger partial charge in [-0.25, -0.2) is 0 Å². The summed E-state index contributed by atoms with van der Waals surface area (Å²) in [6, 6.07) is 8.49. The summed E-state index contributed by atoms with van der Waals surface area (Å²) in [4.78, 5) is 0. The molecule has 0 heterocycles. The highest BCUT2D eigenvalue weighted by Crippen LogP contribution is 2.16. The lowest BCUT2D eigenvalue weighted by Crippen LogP contribution is -1.80. The highest BCUT2D eigenvalue weighted by molar-refractivity contribution is 5.74. The summed E-state index contributed by atoms with van der Waals surface area (Å²) in [5.41, 5.74) is 4.95. The van der Waals surface area contributed by atoms with Gasteiger partial charge in [0, 0.05) is 0 Å². The van der Waals surface area contributed by atoms with E-state index >= 15 is 0 Å². The molecule has 0 saturated heterocycles. The van der Waals surface area contributed by atoms with E-state index in [1.54, 1.807) is 0 Å². The molecule has 0 aliphatic carbocycles. The van der Waals surface area contributed by atoms with Crippen molar-refractivity contribution < 1.29 is 0 Å². The molecule has 1 rings (SSSR count). The molecule has 1 aromatic carbocycles. The topological polar surface area (TPSA) is 0 Å². The summed E-state index contributed by atoms with van der Waals surface area (Å²) in [6.45, 7) is 10.1. The predicted molar refractivity (Wildman–Crippen MR) is 68.8 cm³/mol. The summed E-state index contributed by atoms with van der Waals surface area (Å²) >= 11 is 0. The van der Waals surface area contributed by atoms with Gasteiger partial charge < -0.3 is 0 Å². The average molecular weight is 198 g/mol. The zero-order valence-corrected chi connectivity index (χ0v) is 9.75. The minimum absolute atomic E-state index is 1.16. The van der Waals surface area contributed by atoms with Gasteiger partial charge in [-0.1, -0.05) is 60.2 Å². The van der Waals surface area contributed by atoms with Crippen LogP contribution in [0.15, 0.2) is 54.6 Å². The molecule has 0 radical (unpaired) electrons. The third-order valence-electron chi connectivity index (χ3n) is 2.20. The maximum Gasteiger partial charge on any atom is -0.0184 e. The Labute approximate surface area is 92.6 Å². The van der Waals surface area contributed by atoms with Gasteiger partial charge in [-0.15, -0.1) is 0 Å². The first-order valence-electron chi connectivity index (χ1n) is 5.18. The van der Waals surface area contributed by atoms with Gasteiger partial charge in [0.15, 0.2) is 0 Å². The van der Waals surface area contributed by atoms with Gasteiger partial charge >= 0.3 is 0 Å². The lowest BCUT2D eigenvalue weighted by atomic mass is 10.0. The number of hydrogen-bond acceptors (Lipinski definition) is 0. The Balaban J connectivity index is 3.02. The van der Waals surface area contributed by atoms with Gasteiger partial charge in [0.1, 0.15) is 0 Å². The first-order valence-corrected chi connectivity index (χ1v) is 5.18. The van der Waals surface area contributed by atoms with Crippen molar-refractivity contribution in [2.45, 2.75) is 20.8 Å². The Bertz CT molecular complexity index is 385. The van der Waals surface area contributed by atoms with Crippen LogP contribution in [0.1, 0.15) is 25.0 Å². The van der Waals surface area contributed by atoms with E-state index in [0.717, 1.165) is 5.57 Å². The molecule has 0 saturated carbocycles. The van der Waals surface area contributed by atoms with Gasteiger partial charge in [-0.05, 0) is 31.9 Å². The molecule has 0 atom stereocenters. The van der Waals surface area contributed by atoms with E-state index < -0.39 is 0 Å². The monoisotopic (exact) mass is 198 g/mol. The van der Waals surface area contributed by atoms with Gasteiger partial charge in [-0.2, -0.15) is 0 Å². The van der Waals surface area contributed by atoms with Crippen LogP contribution < -0.4 is 0 Å². The summed E-state index contributed by atoms with van der Waals surface area (Å²) in [5, 5.41) is 0. The first kappa shape index (κ1) is 11.5. The molecule has 0 bridgehead atoms. The van der Waals surface area contributed by atoms with E-state index in [2.05, 4.69) is 63.8 Å². The lowest BCUT2D eigenvalue weighted by Gasteiger charge is -2.02. The molecular weight excluding hydrogens is 180 g/mol. The normalized spacial score (nSPS) is 11.0. The quantitative estimate of drug-likeness (QED) is 0.626. The fraction of sp³-hybridized carbons (Fsp3) is 0.200. The van der Waals surface area contributed by atoms with Crippen LogP contribution in [0.3, 0.4) is 0 Å². The van der Waals surface area contributed by atoms with Crippen molar-refractivity contribution in [2.75, 3.05) is 0 Å². The predicted octanol–water partition coefficient (Wildman–Crippen LogP) is 4.53. The molecule has 0 unspecified atom stereocenters. The largest absolute Gasteiger partial charge is 0.0984 e. The van der Waals surface area contributed by atoms with Crippen LogP contribution in [0.4, 0.5) is 0 Å². The fourth-order valence-corrected chi connectivity index (χ4v) is 1.28. The Hall–Kier alpha value is -1.56. The molecule has 1 aromatic rings. The average Bonchev–Trinajstić information content (AvgIpc) is 2.21. The van der Waals surface area contributed by atoms with Crippen molar-refractivity contribution in [3.05, 3.63) is 65.8 Å². The standard InChI is InChI=1S/C15H18/c1-5-14(9-6-12(2)3)15-10-7-13(4)8-11-15/h5-11H,1H2,2-4H3/b14-9+. The van der Waals surface area contributed by atoms with E-state index in [1.165, 1.54) is 16.7 Å². The minimum atomic E-state index is 1.16. The van der Waals surface area contributed by atoms with E-state index in [-0.39, 0.29) is 0 Å². The molecule has 0 aliphatic heterocycles. The van der Waals surface area contributed by atoms with Crippen LogP contribution in [-0.4, -0.2) is 0 Å². The molecule has 0 N–H and O–H groups in total. The van der Waals surface area contributed by atoms with Crippen molar-refractivity contribution in [1.29, 1.82) is 0 Å². The Morgan fingerprint density at radius 2 is 1.67 bits per heavy atom. The molecule has 0 nitrogen and oxygen atoms in total. The molecule has 0 heteroatoms. The third kappa shape index (κ3) is 3.59. The molecule has 78 valence electrons. The highest BCUT2D eigenvalue weighted by atomic mass is 14.0. The number of rotatable bonds is 3. The van der Waals surface area contributed by atoms with Gasteiger partial charge in [-0.3, -0.25) is 0 Å². The first-order chi connectivity index (χ1) is 7.13. The van der Waals surface area contributed by atoms with Crippen LogP contribution in [0, 0.1) is 6.92 Å². The van der Waals surface area contributed by atoms with Crippen LogP contribution in [0.25, 0.3) is 5.57 Å². The molecule has 15 heavy (non-hydrogen) atoms. The number of hydrogen-bond donors (Lipinski definition) is 0. The molecule has 0 fully saturated rings. The maximum absolute atomic E-state index is 3.84. The molecule has 0 spiro atoms. The zero-order valence-electron chi connectivity index (χ0n) is 9.75. The number of aryl methyl sites for hydroxylation is 1. The van der Waals surface area contributed by atoms with Crippen molar-refractivity contribution in [3.63, 3.8) is 0 Å². The Morgan fingerprint density at radius 3 is 2.13 bits per heavy atom. The van der Waals surface area contributed by atoms with E-state index in [4.69, 9.17) is 0 Å². The third-order valence-corrected chi connectivity index (χ3v) is 2.20. The van der Waals surface area contributed by atoms with Crippen molar-refractivity contribution in [2.24, 2.45) is 0 Å². The maximum atomic E-state index is 3.84. The van der Waals surface area contributed by atoms with Crippen molar-refractivity contribution in [3.8, 4) is 0 Å². The smallest absolute Gasteiger partial charge is 0.0184 e. The van der Waals surface area contributed by atoms with Crippen LogP contribution in [-0.2, 0) is 0 Å². The zero-order chi connectivity index (χ0) is 11.3. The molecular formula is C15H18. The SMILES string of the molecule is C=C/C(=C\C=C(C)C)c1ccc(C)cc1. The van der Waals surface area contributed by atoms with Gasteiger partial charge in [0.2, 0.25) is 0 Å². The van der Waals surface area contributed by atoms with E-state index in [0.29, 0.717) is 0 Å². The second kappa shape index (κ2) is 5.35. The summed E-state index contributed by atoms with van der Waals surface area (Å²) < 4.78 is 0. The summed E-state index contributed by atoms with van der Waals surface area (Å²) in [5.74, 6) is 0. The Morgan fingerprint density at radius 1 is 1.07 bits per heavy atom. The van der Waals surface area contributed by atoms with Crippen LogP contribution in [0.2, 0.25) is 0 Å². The molecule has 0 aliphatic rings. The van der Waals surface area contributed by atoms with E-state index in [1.807, 2.05) is 6.08 Å². The van der Waals surface area contributed by atoms with Crippen molar-refractivity contribution in [1.82, 2.24) is 0 Å². The second-order valence-electron chi connectivity index (χ2n) is 3.94. The van der Waals surface area contributed by atoms with Crippen molar-refractivity contribution >= 4 is 5.57 Å². The van der Waals surface area contributed by atoms with Crippen LogP contribution >= 0.6 is 0 Å². The number of benzene rings is 1. The summed E-state index contributed by atoms with van der Waals surface area (Å²) in [7, 11) is 0. The van der Waals surface area contributed by atoms with Gasteiger partial charge in [0.05, 0.1) is 0 Å². The second-order valence-corrected chi connectivity index (χ2v) is 3.94. The Kier molecular flexibility index (Phi) is 4.11. The lowest BCUT2D eigenvalue weighted by molar-refractivity contribution is 1.39. The highest BCUT2D eigenvalue weighted by Gasteiger charge is 1.95. The minimum Gasteiger partial charge on any atom is -0.0984 e. The van der Waals surface area contributed by atoms with Crippen LogP contribution in [0.5, 0.6) is 0 Å². The van der Waals surface area contributed by atoms with E-state index in [9.17, 15) is 0 Å². The number of allylic oxidation sites excluding steroid dienone is 5. The van der Waals surface area contributed by atoms with Gasteiger partial charge in [0.25, 0.3) is 0 Å². The molecule has 0 amide bonds. The summed E-state index contributed by atoms with van der Waals surface area (Å²) in [6.07, 6.45) is 6.11. The fourth-order valence-electron chi connectivity index (χ4n) is 1.28.